The van der Waals surface area contributed by atoms with Gasteiger partial charge in [-0.1, -0.05) is 18.2 Å². The molecule has 2 amide bonds. The molecule has 0 aromatic heterocycles. The third kappa shape index (κ3) is 5.36. The maximum Gasteiger partial charge on any atom is 0.263 e. The lowest BCUT2D eigenvalue weighted by Crippen LogP contribution is -2.55. The van der Waals surface area contributed by atoms with Crippen molar-refractivity contribution in [3.8, 4) is 5.75 Å². The highest BCUT2D eigenvalue weighted by Gasteiger charge is 2.31. The minimum Gasteiger partial charge on any atom is -0.481 e. The maximum atomic E-state index is 12.7. The number of carbonyl (C=O) groups excluding carboxylic acids is 2. The van der Waals surface area contributed by atoms with Crippen molar-refractivity contribution in [1.29, 1.82) is 0 Å². The summed E-state index contributed by atoms with van der Waals surface area (Å²) >= 11 is 0. The van der Waals surface area contributed by atoms with E-state index in [1.165, 1.54) is 0 Å². The van der Waals surface area contributed by atoms with E-state index in [2.05, 4.69) is 5.32 Å². The van der Waals surface area contributed by atoms with Crippen LogP contribution in [-0.4, -0.2) is 67.0 Å². The van der Waals surface area contributed by atoms with E-state index in [9.17, 15) is 9.59 Å². The first-order valence-corrected chi connectivity index (χ1v) is 9.57. The highest BCUT2D eigenvalue weighted by molar-refractivity contribution is 5.85. The number of halogens is 1. The van der Waals surface area contributed by atoms with E-state index >= 15 is 0 Å². The Morgan fingerprint density at radius 1 is 1.15 bits per heavy atom. The third-order valence-electron chi connectivity index (χ3n) is 5.29. The van der Waals surface area contributed by atoms with Crippen molar-refractivity contribution in [3.05, 3.63) is 29.8 Å². The van der Waals surface area contributed by atoms with Gasteiger partial charge in [0.15, 0.2) is 6.10 Å². The van der Waals surface area contributed by atoms with Crippen LogP contribution >= 0.6 is 12.4 Å². The van der Waals surface area contributed by atoms with E-state index in [1.54, 1.807) is 6.92 Å². The second kappa shape index (κ2) is 9.95. The fourth-order valence-electron chi connectivity index (χ4n) is 3.65. The Bertz CT molecular complexity index is 641. The number of piperazine rings is 1. The number of nitrogens with zero attached hydrogens (tertiary/aromatic N) is 2. The average Bonchev–Trinajstić information content (AvgIpc) is 2.69. The SMILES string of the molecule is Cc1ccccc1OC(C)C(=O)N1CCN(C(=O)C2CCCNC2)CC1.Cl. The molecule has 3 rings (SSSR count). The molecule has 2 unspecified atom stereocenters. The molecular weight excluding hydrogens is 366 g/mol. The molecule has 0 radical (unpaired) electrons. The Labute approximate surface area is 167 Å². The summed E-state index contributed by atoms with van der Waals surface area (Å²) in [6, 6.07) is 7.71. The zero-order valence-corrected chi connectivity index (χ0v) is 17.0. The number of piperidine rings is 1. The van der Waals surface area contributed by atoms with E-state index in [0.717, 1.165) is 37.2 Å². The van der Waals surface area contributed by atoms with E-state index in [4.69, 9.17) is 4.74 Å². The summed E-state index contributed by atoms with van der Waals surface area (Å²) in [6.45, 7) is 7.91. The molecule has 6 nitrogen and oxygen atoms in total. The number of ether oxygens (including phenoxy) is 1. The van der Waals surface area contributed by atoms with Crippen molar-refractivity contribution in [2.75, 3.05) is 39.3 Å². The van der Waals surface area contributed by atoms with E-state index in [1.807, 2.05) is 41.0 Å². The summed E-state index contributed by atoms with van der Waals surface area (Å²) in [5.41, 5.74) is 1.02. The molecule has 2 aliphatic rings. The van der Waals surface area contributed by atoms with Gasteiger partial charge in [0.1, 0.15) is 5.75 Å². The zero-order valence-electron chi connectivity index (χ0n) is 16.1. The standard InChI is InChI=1S/C20H29N3O3.ClH/c1-15-6-3-4-8-18(15)26-16(2)19(24)22-10-12-23(13-11-22)20(25)17-7-5-9-21-14-17;/h3-4,6,8,16-17,21H,5,7,9-14H2,1-2H3;1H. The first-order chi connectivity index (χ1) is 12.6. The summed E-state index contributed by atoms with van der Waals surface area (Å²) < 4.78 is 5.85. The third-order valence-corrected chi connectivity index (χ3v) is 5.29. The van der Waals surface area contributed by atoms with Crippen molar-refractivity contribution in [2.24, 2.45) is 5.92 Å². The number of benzene rings is 1. The van der Waals surface area contributed by atoms with Gasteiger partial charge in [0.2, 0.25) is 5.91 Å². The monoisotopic (exact) mass is 395 g/mol. The molecule has 27 heavy (non-hydrogen) atoms. The molecule has 2 aliphatic heterocycles. The topological polar surface area (TPSA) is 61.9 Å². The van der Waals surface area contributed by atoms with Gasteiger partial charge in [-0.05, 0) is 44.9 Å². The number of rotatable bonds is 4. The Balaban J connectivity index is 0.00000261. The summed E-state index contributed by atoms with van der Waals surface area (Å²) in [6.07, 6.45) is 1.50. The van der Waals surface area contributed by atoms with Crippen molar-refractivity contribution < 1.29 is 14.3 Å². The van der Waals surface area contributed by atoms with Gasteiger partial charge < -0.3 is 19.9 Å². The molecule has 0 aliphatic carbocycles. The summed E-state index contributed by atoms with van der Waals surface area (Å²) in [4.78, 5) is 29.0. The maximum absolute atomic E-state index is 12.7. The fourth-order valence-corrected chi connectivity index (χ4v) is 3.65. The van der Waals surface area contributed by atoms with Gasteiger partial charge >= 0.3 is 0 Å². The predicted molar refractivity (Wildman–Crippen MR) is 107 cm³/mol. The van der Waals surface area contributed by atoms with E-state index < -0.39 is 6.10 Å². The highest BCUT2D eigenvalue weighted by Crippen LogP contribution is 2.19. The first-order valence-electron chi connectivity index (χ1n) is 9.57. The molecule has 150 valence electrons. The van der Waals surface area contributed by atoms with Crippen molar-refractivity contribution in [3.63, 3.8) is 0 Å². The normalized spacial score (nSPS) is 21.2. The number of hydrogen-bond donors (Lipinski definition) is 1. The van der Waals surface area contributed by atoms with Crippen LogP contribution in [0.3, 0.4) is 0 Å². The smallest absolute Gasteiger partial charge is 0.263 e. The van der Waals surface area contributed by atoms with Crippen LogP contribution in [-0.2, 0) is 9.59 Å². The molecule has 0 saturated carbocycles. The number of aryl methyl sites for hydroxylation is 1. The second-order valence-corrected chi connectivity index (χ2v) is 7.22. The van der Waals surface area contributed by atoms with Gasteiger partial charge in [-0.15, -0.1) is 12.4 Å². The second-order valence-electron chi connectivity index (χ2n) is 7.22. The van der Waals surface area contributed by atoms with Crippen LogP contribution in [0.5, 0.6) is 5.75 Å². The van der Waals surface area contributed by atoms with Gasteiger partial charge in [-0.2, -0.15) is 0 Å². The number of nitrogens with one attached hydrogen (secondary N) is 1. The number of carbonyl (C=O) groups is 2. The van der Waals surface area contributed by atoms with Crippen LogP contribution in [0.15, 0.2) is 24.3 Å². The fraction of sp³-hybridized carbons (Fsp3) is 0.600. The van der Waals surface area contributed by atoms with Crippen LogP contribution in [0, 0.1) is 12.8 Å². The Morgan fingerprint density at radius 3 is 2.44 bits per heavy atom. The van der Waals surface area contributed by atoms with Gasteiger partial charge in [0.25, 0.3) is 5.91 Å². The lowest BCUT2D eigenvalue weighted by molar-refractivity contribution is -0.145. The molecule has 2 saturated heterocycles. The summed E-state index contributed by atoms with van der Waals surface area (Å²) in [5, 5.41) is 3.30. The zero-order chi connectivity index (χ0) is 18.5. The van der Waals surface area contributed by atoms with E-state index in [0.29, 0.717) is 26.2 Å². The highest BCUT2D eigenvalue weighted by atomic mass is 35.5. The van der Waals surface area contributed by atoms with Crippen LogP contribution in [0.1, 0.15) is 25.3 Å². The van der Waals surface area contributed by atoms with Crippen LogP contribution < -0.4 is 10.1 Å². The molecule has 0 bridgehead atoms. The van der Waals surface area contributed by atoms with Crippen molar-refractivity contribution in [2.45, 2.75) is 32.8 Å². The Kier molecular flexibility index (Phi) is 7.92. The van der Waals surface area contributed by atoms with Gasteiger partial charge in [0, 0.05) is 32.7 Å². The van der Waals surface area contributed by atoms with E-state index in [-0.39, 0.29) is 30.1 Å². The lowest BCUT2D eigenvalue weighted by atomic mass is 9.98. The van der Waals surface area contributed by atoms with Gasteiger partial charge in [0.05, 0.1) is 5.92 Å². The molecule has 1 aromatic rings. The minimum atomic E-state index is -0.527. The summed E-state index contributed by atoms with van der Waals surface area (Å²) in [7, 11) is 0. The average molecular weight is 396 g/mol. The number of amides is 2. The molecule has 2 atom stereocenters. The van der Waals surface area contributed by atoms with Crippen LogP contribution in [0.25, 0.3) is 0 Å². The molecule has 2 heterocycles. The molecule has 2 fully saturated rings. The molecule has 0 spiro atoms. The summed E-state index contributed by atoms with van der Waals surface area (Å²) in [5.74, 6) is 1.05. The largest absolute Gasteiger partial charge is 0.481 e. The van der Waals surface area contributed by atoms with Crippen molar-refractivity contribution in [1.82, 2.24) is 15.1 Å². The van der Waals surface area contributed by atoms with Gasteiger partial charge in [-0.25, -0.2) is 0 Å². The van der Waals surface area contributed by atoms with Crippen LogP contribution in [0.2, 0.25) is 0 Å². The number of para-hydroxylation sites is 1. The van der Waals surface area contributed by atoms with Crippen molar-refractivity contribution >= 4 is 24.2 Å². The molecule has 7 heteroatoms. The van der Waals surface area contributed by atoms with Gasteiger partial charge in [-0.3, -0.25) is 9.59 Å². The minimum absolute atomic E-state index is 0. The molecular formula is C20H30ClN3O3. The molecule has 1 aromatic carbocycles. The molecule has 1 N–H and O–H groups in total. The predicted octanol–water partition coefficient (Wildman–Crippen LogP) is 1.85. The lowest BCUT2D eigenvalue weighted by Gasteiger charge is -2.38. The Morgan fingerprint density at radius 2 is 1.81 bits per heavy atom. The van der Waals surface area contributed by atoms with Crippen LogP contribution in [0.4, 0.5) is 0 Å². The Hall–Kier alpha value is -1.79. The number of hydrogen-bond acceptors (Lipinski definition) is 4. The quantitative estimate of drug-likeness (QED) is 0.845. The first kappa shape index (κ1) is 21.5.